The Hall–Kier alpha value is -1.60. The van der Waals surface area contributed by atoms with Gasteiger partial charge in [-0.25, -0.2) is 0 Å². The molecule has 0 aromatic carbocycles. The zero-order chi connectivity index (χ0) is 10.9. The average molecular weight is 208 g/mol. The predicted molar refractivity (Wildman–Crippen MR) is 56.3 cm³/mol. The monoisotopic (exact) mass is 208 g/mol. The summed E-state index contributed by atoms with van der Waals surface area (Å²) in [6.45, 7) is 0.291. The van der Waals surface area contributed by atoms with Gasteiger partial charge in [0.25, 0.3) is 0 Å². The van der Waals surface area contributed by atoms with E-state index in [1.54, 1.807) is 18.5 Å². The van der Waals surface area contributed by atoms with Crippen molar-refractivity contribution >= 4 is 0 Å². The van der Waals surface area contributed by atoms with Crippen LogP contribution in [0, 0.1) is 11.8 Å². The van der Waals surface area contributed by atoms with Gasteiger partial charge < -0.3 is 10.5 Å². The van der Waals surface area contributed by atoms with Gasteiger partial charge in [0.2, 0.25) is 0 Å². The molecule has 1 heterocycles. The number of aromatic nitrogens is 1. The first-order valence-electron chi connectivity index (χ1n) is 4.69. The van der Waals surface area contributed by atoms with Crippen LogP contribution < -0.4 is 10.5 Å². The molecule has 0 saturated heterocycles. The average Bonchev–Trinajstić information content (AvgIpc) is 2.27. The van der Waals surface area contributed by atoms with Gasteiger partial charge in [-0.15, -0.1) is 0 Å². The molecule has 0 bridgehead atoms. The molecule has 0 aliphatic rings. The third-order valence-electron chi connectivity index (χ3n) is 1.59. The number of nitrogens with two attached hydrogens (primary N) is 1. The molecule has 15 heavy (non-hydrogen) atoms. The number of pyridine rings is 1. The van der Waals surface area contributed by atoms with E-state index in [0.717, 1.165) is 5.56 Å². The van der Waals surface area contributed by atoms with E-state index in [-0.39, 0.29) is 6.67 Å². The van der Waals surface area contributed by atoms with Gasteiger partial charge in [-0.3, -0.25) is 9.37 Å². The van der Waals surface area contributed by atoms with Crippen LogP contribution >= 0.6 is 0 Å². The van der Waals surface area contributed by atoms with E-state index >= 15 is 0 Å². The summed E-state index contributed by atoms with van der Waals surface area (Å²) in [5, 5.41) is 0. The van der Waals surface area contributed by atoms with Crippen LogP contribution in [0.3, 0.4) is 0 Å². The van der Waals surface area contributed by atoms with Crippen LogP contribution in [-0.4, -0.2) is 24.8 Å². The Morgan fingerprint density at radius 1 is 1.47 bits per heavy atom. The van der Waals surface area contributed by atoms with E-state index in [0.29, 0.717) is 25.3 Å². The molecule has 0 fully saturated rings. The fraction of sp³-hybridized carbons (Fsp3) is 0.364. The minimum absolute atomic E-state index is 0.312. The van der Waals surface area contributed by atoms with Gasteiger partial charge in [0, 0.05) is 18.2 Å². The molecule has 4 heteroatoms. The first-order valence-corrected chi connectivity index (χ1v) is 4.69. The summed E-state index contributed by atoms with van der Waals surface area (Å²) in [7, 11) is 0. The quantitative estimate of drug-likeness (QED) is 0.596. The number of halogens is 1. The Labute approximate surface area is 88.5 Å². The van der Waals surface area contributed by atoms with E-state index in [1.807, 2.05) is 0 Å². The predicted octanol–water partition coefficient (Wildman–Crippen LogP) is 1.13. The molecular formula is C11H13FN2O. The van der Waals surface area contributed by atoms with Crippen molar-refractivity contribution in [2.45, 2.75) is 6.42 Å². The molecule has 0 unspecified atom stereocenters. The Morgan fingerprint density at radius 3 is 3.07 bits per heavy atom. The van der Waals surface area contributed by atoms with Crippen LogP contribution in [0.5, 0.6) is 5.75 Å². The maximum absolute atomic E-state index is 11.8. The molecule has 0 saturated carbocycles. The molecule has 0 amide bonds. The summed E-state index contributed by atoms with van der Waals surface area (Å²) in [5.41, 5.74) is 5.99. The van der Waals surface area contributed by atoms with E-state index in [1.165, 1.54) is 0 Å². The number of hydrogen-bond donors (Lipinski definition) is 1. The molecule has 80 valence electrons. The van der Waals surface area contributed by atoms with Crippen LogP contribution in [0.25, 0.3) is 0 Å². The summed E-state index contributed by atoms with van der Waals surface area (Å²) in [6, 6.07) is 1.76. The number of hydrogen-bond acceptors (Lipinski definition) is 3. The minimum Gasteiger partial charge on any atom is -0.492 e. The van der Waals surface area contributed by atoms with Gasteiger partial charge >= 0.3 is 0 Å². The van der Waals surface area contributed by atoms with Crippen molar-refractivity contribution in [3.05, 3.63) is 24.0 Å². The van der Waals surface area contributed by atoms with Crippen molar-refractivity contribution in [1.29, 1.82) is 0 Å². The number of nitrogens with zero attached hydrogens (tertiary/aromatic N) is 1. The molecule has 3 nitrogen and oxygen atoms in total. The second-order valence-corrected chi connectivity index (χ2v) is 2.81. The van der Waals surface area contributed by atoms with E-state index in [4.69, 9.17) is 10.5 Å². The lowest BCUT2D eigenvalue weighted by Gasteiger charge is -2.03. The summed E-state index contributed by atoms with van der Waals surface area (Å²) in [5.74, 6) is 6.17. The summed E-state index contributed by atoms with van der Waals surface area (Å²) in [4.78, 5) is 3.95. The fourth-order valence-corrected chi connectivity index (χ4v) is 0.964. The third kappa shape index (κ3) is 4.43. The SMILES string of the molecule is NCC#Cc1cncc(OCCCF)c1. The van der Waals surface area contributed by atoms with Gasteiger partial charge in [0.1, 0.15) is 5.75 Å². The van der Waals surface area contributed by atoms with Crippen molar-refractivity contribution < 1.29 is 9.13 Å². The van der Waals surface area contributed by atoms with Crippen molar-refractivity contribution in [2.24, 2.45) is 5.73 Å². The molecule has 0 atom stereocenters. The Kier molecular flexibility index (Phi) is 5.20. The highest BCUT2D eigenvalue weighted by molar-refractivity contribution is 5.36. The standard InChI is InChI=1S/C11H13FN2O/c12-4-2-6-15-11-7-10(3-1-5-13)8-14-9-11/h7-9H,2,4-6,13H2. The van der Waals surface area contributed by atoms with Crippen LogP contribution in [0.15, 0.2) is 18.5 Å². The molecule has 1 aromatic heterocycles. The second kappa shape index (κ2) is 6.80. The number of ether oxygens (including phenoxy) is 1. The lowest BCUT2D eigenvalue weighted by molar-refractivity contribution is 0.288. The van der Waals surface area contributed by atoms with Crippen LogP contribution in [0.4, 0.5) is 4.39 Å². The normalized spacial score (nSPS) is 9.20. The highest BCUT2D eigenvalue weighted by atomic mass is 19.1. The maximum Gasteiger partial charge on any atom is 0.138 e. The summed E-state index contributed by atoms with van der Waals surface area (Å²) >= 11 is 0. The smallest absolute Gasteiger partial charge is 0.138 e. The van der Waals surface area contributed by atoms with Crippen LogP contribution in [0.1, 0.15) is 12.0 Å². The fourth-order valence-electron chi connectivity index (χ4n) is 0.964. The first-order chi connectivity index (χ1) is 7.36. The van der Waals surface area contributed by atoms with Gasteiger partial charge in [-0.1, -0.05) is 11.8 Å². The summed E-state index contributed by atoms with van der Waals surface area (Å²) in [6.07, 6.45) is 3.59. The van der Waals surface area contributed by atoms with Crippen molar-refractivity contribution in [1.82, 2.24) is 4.98 Å². The molecule has 2 N–H and O–H groups in total. The minimum atomic E-state index is -0.375. The summed E-state index contributed by atoms with van der Waals surface area (Å²) < 4.78 is 17.1. The molecule has 1 aromatic rings. The zero-order valence-corrected chi connectivity index (χ0v) is 8.37. The zero-order valence-electron chi connectivity index (χ0n) is 8.37. The van der Waals surface area contributed by atoms with Crippen molar-refractivity contribution in [3.8, 4) is 17.6 Å². The Balaban J connectivity index is 2.57. The van der Waals surface area contributed by atoms with Crippen molar-refractivity contribution in [3.63, 3.8) is 0 Å². The highest BCUT2D eigenvalue weighted by Gasteiger charge is 1.95. The van der Waals surface area contributed by atoms with Crippen molar-refractivity contribution in [2.75, 3.05) is 19.8 Å². The Bertz CT molecular complexity index is 357. The van der Waals surface area contributed by atoms with Crippen LogP contribution in [0.2, 0.25) is 0 Å². The van der Waals surface area contributed by atoms with E-state index in [9.17, 15) is 4.39 Å². The molecule has 0 radical (unpaired) electrons. The van der Waals surface area contributed by atoms with Gasteiger partial charge in [0.05, 0.1) is 26.0 Å². The largest absolute Gasteiger partial charge is 0.492 e. The topological polar surface area (TPSA) is 48.1 Å². The molecule has 0 spiro atoms. The van der Waals surface area contributed by atoms with Gasteiger partial charge in [-0.05, 0) is 6.07 Å². The number of alkyl halides is 1. The molecule has 0 aliphatic carbocycles. The molecule has 0 aliphatic heterocycles. The first kappa shape index (κ1) is 11.5. The van der Waals surface area contributed by atoms with Gasteiger partial charge in [-0.2, -0.15) is 0 Å². The van der Waals surface area contributed by atoms with Gasteiger partial charge in [0.15, 0.2) is 0 Å². The molecule has 1 rings (SSSR count). The lowest BCUT2D eigenvalue weighted by atomic mass is 10.3. The Morgan fingerprint density at radius 2 is 2.33 bits per heavy atom. The second-order valence-electron chi connectivity index (χ2n) is 2.81. The maximum atomic E-state index is 11.8. The van der Waals surface area contributed by atoms with E-state index < -0.39 is 0 Å². The third-order valence-corrected chi connectivity index (χ3v) is 1.59. The lowest BCUT2D eigenvalue weighted by Crippen LogP contribution is -1.98. The number of rotatable bonds is 4. The van der Waals surface area contributed by atoms with Crippen LogP contribution in [-0.2, 0) is 0 Å². The van der Waals surface area contributed by atoms with E-state index in [2.05, 4.69) is 16.8 Å². The molecular weight excluding hydrogens is 195 g/mol. The highest BCUT2D eigenvalue weighted by Crippen LogP contribution is 2.10.